The van der Waals surface area contributed by atoms with E-state index in [-0.39, 0.29) is 18.0 Å². The first kappa shape index (κ1) is 19.8. The largest absolute Gasteiger partial charge is 0.353 e. The summed E-state index contributed by atoms with van der Waals surface area (Å²) in [5, 5.41) is 0. The van der Waals surface area contributed by atoms with Crippen molar-refractivity contribution in [3.05, 3.63) is 53.5 Å². The van der Waals surface area contributed by atoms with Gasteiger partial charge in [-0.25, -0.2) is 20.8 Å². The minimum absolute atomic E-state index is 0.171. The molecule has 0 aliphatic carbocycles. The van der Waals surface area contributed by atoms with Crippen LogP contribution in [0.1, 0.15) is 49.3 Å². The third kappa shape index (κ3) is 4.41. The lowest BCUT2D eigenvalue weighted by Gasteiger charge is -2.36. The van der Waals surface area contributed by atoms with Crippen LogP contribution in [0.4, 0.5) is 5.82 Å². The van der Waals surface area contributed by atoms with E-state index in [0.29, 0.717) is 19.0 Å². The zero-order chi connectivity index (χ0) is 20.4. The molecule has 2 saturated heterocycles. The van der Waals surface area contributed by atoms with Crippen LogP contribution in [-0.4, -0.2) is 53.0 Å². The molecule has 7 nitrogen and oxygen atoms in total. The molecule has 2 aromatic rings. The molecule has 2 aliphatic rings. The summed E-state index contributed by atoms with van der Waals surface area (Å²) in [4.78, 5) is 26.5. The van der Waals surface area contributed by atoms with Gasteiger partial charge in [0.25, 0.3) is 0 Å². The fourth-order valence-electron chi connectivity index (χ4n) is 3.99. The Balaban J connectivity index is 1.35. The van der Waals surface area contributed by atoms with E-state index in [4.69, 9.17) is 4.98 Å². The number of piperazine rings is 1. The SMILES string of the molecule is Cc1cc(N2CCN(C(=O)C3CC(c4ccccc4)NN3)CC2)nc(C(C)C)n1. The second-order valence-electron chi connectivity index (χ2n) is 8.23. The van der Waals surface area contributed by atoms with E-state index in [1.807, 2.05) is 36.1 Å². The number of hydrogen-bond donors (Lipinski definition) is 2. The quantitative estimate of drug-likeness (QED) is 0.828. The van der Waals surface area contributed by atoms with Crippen LogP contribution >= 0.6 is 0 Å². The van der Waals surface area contributed by atoms with Crippen molar-refractivity contribution in [2.24, 2.45) is 0 Å². The van der Waals surface area contributed by atoms with E-state index in [1.54, 1.807) is 0 Å². The number of nitrogens with one attached hydrogen (secondary N) is 2. The zero-order valence-corrected chi connectivity index (χ0v) is 17.4. The molecular weight excluding hydrogens is 364 g/mol. The fourth-order valence-corrected chi connectivity index (χ4v) is 3.99. The number of aryl methyl sites for hydroxylation is 1. The van der Waals surface area contributed by atoms with Crippen LogP contribution in [0.2, 0.25) is 0 Å². The van der Waals surface area contributed by atoms with E-state index < -0.39 is 0 Å². The predicted molar refractivity (Wildman–Crippen MR) is 114 cm³/mol. The second-order valence-corrected chi connectivity index (χ2v) is 8.23. The van der Waals surface area contributed by atoms with Gasteiger partial charge >= 0.3 is 0 Å². The van der Waals surface area contributed by atoms with Gasteiger partial charge in [-0.3, -0.25) is 4.79 Å². The van der Waals surface area contributed by atoms with E-state index in [0.717, 1.165) is 36.8 Å². The Morgan fingerprint density at radius 3 is 2.48 bits per heavy atom. The van der Waals surface area contributed by atoms with Crippen molar-refractivity contribution in [2.75, 3.05) is 31.1 Å². The monoisotopic (exact) mass is 394 g/mol. The molecule has 0 spiro atoms. The first-order valence-electron chi connectivity index (χ1n) is 10.5. The minimum Gasteiger partial charge on any atom is -0.353 e. The zero-order valence-electron chi connectivity index (χ0n) is 17.4. The molecule has 2 fully saturated rings. The number of benzene rings is 1. The van der Waals surface area contributed by atoms with Crippen molar-refractivity contribution >= 4 is 11.7 Å². The smallest absolute Gasteiger partial charge is 0.241 e. The summed E-state index contributed by atoms with van der Waals surface area (Å²) in [5.41, 5.74) is 8.67. The van der Waals surface area contributed by atoms with Crippen LogP contribution in [-0.2, 0) is 4.79 Å². The van der Waals surface area contributed by atoms with Crippen LogP contribution in [0.3, 0.4) is 0 Å². The second kappa shape index (κ2) is 8.47. The van der Waals surface area contributed by atoms with Gasteiger partial charge < -0.3 is 9.80 Å². The minimum atomic E-state index is -0.180. The Labute approximate surface area is 172 Å². The summed E-state index contributed by atoms with van der Waals surface area (Å²) in [5.74, 6) is 2.33. The van der Waals surface area contributed by atoms with Gasteiger partial charge in [0.15, 0.2) is 0 Å². The topological polar surface area (TPSA) is 73.4 Å². The standard InChI is InChI=1S/C22H30N6O/c1-15(2)21-23-16(3)13-20(24-21)27-9-11-28(12-10-27)22(29)19-14-18(25-26-19)17-7-5-4-6-8-17/h4-8,13,15,18-19,25-26H,9-12,14H2,1-3H3. The molecule has 7 heteroatoms. The van der Waals surface area contributed by atoms with Gasteiger partial charge in [0.05, 0.1) is 0 Å². The molecule has 2 aliphatic heterocycles. The Morgan fingerprint density at radius 2 is 1.79 bits per heavy atom. The van der Waals surface area contributed by atoms with Crippen molar-refractivity contribution in [2.45, 2.75) is 45.2 Å². The average Bonchev–Trinajstić information content (AvgIpc) is 3.24. The molecule has 4 rings (SSSR count). The van der Waals surface area contributed by atoms with Gasteiger partial charge in [-0.2, -0.15) is 0 Å². The maximum Gasteiger partial charge on any atom is 0.241 e. The van der Waals surface area contributed by atoms with Crippen LogP contribution in [0.15, 0.2) is 36.4 Å². The number of rotatable bonds is 4. The Hall–Kier alpha value is -2.51. The number of aromatic nitrogens is 2. The van der Waals surface area contributed by atoms with Crippen molar-refractivity contribution in [1.82, 2.24) is 25.7 Å². The van der Waals surface area contributed by atoms with Crippen LogP contribution in [0, 0.1) is 6.92 Å². The van der Waals surface area contributed by atoms with Crippen LogP contribution in [0.5, 0.6) is 0 Å². The number of nitrogens with zero attached hydrogens (tertiary/aromatic N) is 4. The molecule has 29 heavy (non-hydrogen) atoms. The first-order valence-corrected chi connectivity index (χ1v) is 10.5. The summed E-state index contributed by atoms with van der Waals surface area (Å²) in [6, 6.07) is 12.3. The Bertz CT molecular complexity index is 848. The molecule has 2 N–H and O–H groups in total. The molecule has 1 aromatic heterocycles. The fraction of sp³-hybridized carbons (Fsp3) is 0.500. The van der Waals surface area contributed by atoms with Gasteiger partial charge in [-0.15, -0.1) is 0 Å². The average molecular weight is 395 g/mol. The van der Waals surface area contributed by atoms with E-state index >= 15 is 0 Å². The number of carbonyl (C=O) groups is 1. The van der Waals surface area contributed by atoms with E-state index in [9.17, 15) is 4.79 Å². The summed E-state index contributed by atoms with van der Waals surface area (Å²) >= 11 is 0. The number of anilines is 1. The maximum atomic E-state index is 13.0. The highest BCUT2D eigenvalue weighted by atomic mass is 16.2. The molecule has 0 saturated carbocycles. The van der Waals surface area contributed by atoms with Crippen LogP contribution < -0.4 is 15.8 Å². The van der Waals surface area contributed by atoms with Gasteiger partial charge in [-0.1, -0.05) is 44.2 Å². The lowest BCUT2D eigenvalue weighted by molar-refractivity contribution is -0.133. The normalized spacial score (nSPS) is 22.3. The van der Waals surface area contributed by atoms with Crippen molar-refractivity contribution in [3.63, 3.8) is 0 Å². The summed E-state index contributed by atoms with van der Waals surface area (Å²) in [6.45, 7) is 9.25. The number of hydrogen-bond acceptors (Lipinski definition) is 6. The van der Waals surface area contributed by atoms with Crippen molar-refractivity contribution < 1.29 is 4.79 Å². The highest BCUT2D eigenvalue weighted by molar-refractivity contribution is 5.82. The van der Waals surface area contributed by atoms with E-state index in [1.165, 1.54) is 5.56 Å². The first-order chi connectivity index (χ1) is 14.0. The Kier molecular flexibility index (Phi) is 5.78. The van der Waals surface area contributed by atoms with Crippen molar-refractivity contribution in [3.8, 4) is 0 Å². The molecule has 3 heterocycles. The van der Waals surface area contributed by atoms with Gasteiger partial charge in [0, 0.05) is 49.9 Å². The number of amides is 1. The molecular formula is C22H30N6O. The van der Waals surface area contributed by atoms with Gasteiger partial charge in [-0.05, 0) is 18.9 Å². The highest BCUT2D eigenvalue weighted by Gasteiger charge is 2.34. The van der Waals surface area contributed by atoms with Crippen LogP contribution in [0.25, 0.3) is 0 Å². The molecule has 1 amide bonds. The van der Waals surface area contributed by atoms with E-state index in [2.05, 4.69) is 46.7 Å². The predicted octanol–water partition coefficient (Wildman–Crippen LogP) is 2.16. The van der Waals surface area contributed by atoms with Crippen molar-refractivity contribution in [1.29, 1.82) is 0 Å². The summed E-state index contributed by atoms with van der Waals surface area (Å²) in [7, 11) is 0. The van der Waals surface area contributed by atoms with Gasteiger partial charge in [0.1, 0.15) is 17.7 Å². The molecule has 0 bridgehead atoms. The highest BCUT2D eigenvalue weighted by Crippen LogP contribution is 2.24. The number of hydrazine groups is 1. The molecule has 1 aromatic carbocycles. The Morgan fingerprint density at radius 1 is 1.07 bits per heavy atom. The third-order valence-electron chi connectivity index (χ3n) is 5.69. The molecule has 154 valence electrons. The number of carbonyl (C=O) groups excluding carboxylic acids is 1. The van der Waals surface area contributed by atoms with Gasteiger partial charge in [0.2, 0.25) is 5.91 Å². The lowest BCUT2D eigenvalue weighted by Crippen LogP contribution is -2.54. The molecule has 0 radical (unpaired) electrons. The lowest BCUT2D eigenvalue weighted by atomic mass is 10.0. The molecule has 2 unspecified atom stereocenters. The maximum absolute atomic E-state index is 13.0. The summed E-state index contributed by atoms with van der Waals surface area (Å²) < 4.78 is 0. The summed E-state index contributed by atoms with van der Waals surface area (Å²) in [6.07, 6.45) is 0.770. The third-order valence-corrected chi connectivity index (χ3v) is 5.69. The molecule has 2 atom stereocenters.